The summed E-state index contributed by atoms with van der Waals surface area (Å²) in [7, 11) is 0. The fourth-order valence-corrected chi connectivity index (χ4v) is 0.878. The second-order valence-electron chi connectivity index (χ2n) is 3.20. The van der Waals surface area contributed by atoms with Crippen molar-refractivity contribution in [2.24, 2.45) is 0 Å². The van der Waals surface area contributed by atoms with Gasteiger partial charge in [-0.25, -0.2) is 0 Å². The summed E-state index contributed by atoms with van der Waals surface area (Å²) in [6.45, 7) is 19.2. The lowest BCUT2D eigenvalue weighted by molar-refractivity contribution is 1.00. The lowest BCUT2D eigenvalue weighted by Gasteiger charge is -2.03. The molecule has 0 nitrogen and oxygen atoms in total. The van der Waals surface area contributed by atoms with Crippen molar-refractivity contribution < 1.29 is 0 Å². The molecule has 0 atom stereocenters. The highest BCUT2D eigenvalue weighted by molar-refractivity contribution is 5.39. The SMILES string of the molecule is C=C/C=C(\C=C)C(=C)CCC=C.CCC. The molecule has 15 heavy (non-hydrogen) atoms. The molecule has 0 saturated carbocycles. The van der Waals surface area contributed by atoms with E-state index in [9.17, 15) is 0 Å². The standard InChI is InChI=1S/C12H16.C3H8/c1-5-8-10-11(4)12(7-3)9-6-2;1-3-2/h5-7,9H,1-4,8,10H2;3H2,1-2H3/b12-9+;. The van der Waals surface area contributed by atoms with E-state index >= 15 is 0 Å². The molecule has 0 saturated heterocycles. The molecule has 0 heteroatoms. The molecule has 0 aliphatic rings. The van der Waals surface area contributed by atoms with Gasteiger partial charge in [-0.1, -0.05) is 64.3 Å². The second-order valence-corrected chi connectivity index (χ2v) is 3.20. The Morgan fingerprint density at radius 3 is 2.00 bits per heavy atom. The van der Waals surface area contributed by atoms with Gasteiger partial charge in [0.25, 0.3) is 0 Å². The van der Waals surface area contributed by atoms with Gasteiger partial charge < -0.3 is 0 Å². The molecule has 0 N–H and O–H groups in total. The van der Waals surface area contributed by atoms with E-state index in [1.807, 2.05) is 12.2 Å². The molecule has 0 heterocycles. The maximum absolute atomic E-state index is 3.95. The van der Waals surface area contributed by atoms with Crippen LogP contribution in [0.5, 0.6) is 0 Å². The molecule has 0 aliphatic heterocycles. The average Bonchev–Trinajstić information content (AvgIpc) is 2.23. The highest BCUT2D eigenvalue weighted by Gasteiger charge is 1.95. The topological polar surface area (TPSA) is 0 Å². The molecule has 0 bridgehead atoms. The summed E-state index contributed by atoms with van der Waals surface area (Å²) in [5.74, 6) is 0. The van der Waals surface area contributed by atoms with Gasteiger partial charge in [0, 0.05) is 0 Å². The highest BCUT2D eigenvalue weighted by atomic mass is 14.0. The minimum absolute atomic E-state index is 0.940. The first-order valence-electron chi connectivity index (χ1n) is 5.41. The Balaban J connectivity index is 0. The number of hydrogen-bond donors (Lipinski definition) is 0. The molecule has 84 valence electrons. The molecule has 0 spiro atoms. The summed E-state index contributed by atoms with van der Waals surface area (Å²) in [6, 6.07) is 0. The van der Waals surface area contributed by atoms with Gasteiger partial charge in [-0.15, -0.1) is 6.58 Å². The van der Waals surface area contributed by atoms with Crippen molar-refractivity contribution in [3.63, 3.8) is 0 Å². The van der Waals surface area contributed by atoms with Crippen LogP contribution in [0.3, 0.4) is 0 Å². The molecule has 0 aliphatic carbocycles. The van der Waals surface area contributed by atoms with Gasteiger partial charge in [0.15, 0.2) is 0 Å². The summed E-state index contributed by atoms with van der Waals surface area (Å²) >= 11 is 0. The molecule has 0 amide bonds. The fraction of sp³-hybridized carbons (Fsp3) is 0.333. The van der Waals surface area contributed by atoms with Crippen LogP contribution in [-0.4, -0.2) is 0 Å². The van der Waals surface area contributed by atoms with Crippen LogP contribution in [0.4, 0.5) is 0 Å². The molecule has 0 aromatic carbocycles. The third-order valence-electron chi connectivity index (χ3n) is 1.58. The Morgan fingerprint density at radius 1 is 1.13 bits per heavy atom. The summed E-state index contributed by atoms with van der Waals surface area (Å²) in [4.78, 5) is 0. The zero-order chi connectivity index (χ0) is 12.1. The van der Waals surface area contributed by atoms with E-state index in [-0.39, 0.29) is 0 Å². The zero-order valence-electron chi connectivity index (χ0n) is 10.3. The summed E-state index contributed by atoms with van der Waals surface area (Å²) in [5.41, 5.74) is 2.15. The Labute approximate surface area is 95.4 Å². The van der Waals surface area contributed by atoms with Crippen LogP contribution in [0, 0.1) is 0 Å². The lowest BCUT2D eigenvalue weighted by Crippen LogP contribution is -1.83. The van der Waals surface area contributed by atoms with Crippen molar-refractivity contribution in [1.29, 1.82) is 0 Å². The van der Waals surface area contributed by atoms with E-state index in [0.717, 1.165) is 24.0 Å². The van der Waals surface area contributed by atoms with Crippen LogP contribution < -0.4 is 0 Å². The van der Waals surface area contributed by atoms with Crippen molar-refractivity contribution in [3.05, 3.63) is 61.8 Å². The Bertz CT molecular complexity index is 228. The molecule has 0 rings (SSSR count). The Hall–Kier alpha value is -1.30. The monoisotopic (exact) mass is 204 g/mol. The molecule has 0 aromatic rings. The van der Waals surface area contributed by atoms with Crippen molar-refractivity contribution >= 4 is 0 Å². The third-order valence-corrected chi connectivity index (χ3v) is 1.58. The fourth-order valence-electron chi connectivity index (χ4n) is 0.878. The first kappa shape index (κ1) is 16.1. The average molecular weight is 204 g/mol. The summed E-state index contributed by atoms with van der Waals surface area (Å²) in [6.07, 6.45) is 10.5. The molecule has 0 aromatic heterocycles. The minimum atomic E-state index is 0.940. The second kappa shape index (κ2) is 12.7. The Morgan fingerprint density at radius 2 is 1.67 bits per heavy atom. The lowest BCUT2D eigenvalue weighted by atomic mass is 10.0. The van der Waals surface area contributed by atoms with Gasteiger partial charge in [-0.3, -0.25) is 0 Å². The van der Waals surface area contributed by atoms with Crippen molar-refractivity contribution in [3.8, 4) is 0 Å². The van der Waals surface area contributed by atoms with Gasteiger partial charge in [0.1, 0.15) is 0 Å². The third kappa shape index (κ3) is 10.6. The van der Waals surface area contributed by atoms with Crippen LogP contribution >= 0.6 is 0 Å². The predicted molar refractivity (Wildman–Crippen MR) is 73.0 cm³/mol. The maximum Gasteiger partial charge on any atom is -0.0236 e. The summed E-state index contributed by atoms with van der Waals surface area (Å²) < 4.78 is 0. The first-order valence-corrected chi connectivity index (χ1v) is 5.41. The van der Waals surface area contributed by atoms with E-state index in [0.29, 0.717) is 0 Å². The van der Waals surface area contributed by atoms with Crippen molar-refractivity contribution in [2.45, 2.75) is 33.1 Å². The minimum Gasteiger partial charge on any atom is -0.103 e. The molecular formula is C15H24. The molecule has 0 unspecified atom stereocenters. The Kier molecular flexibility index (Phi) is 13.7. The molecular weight excluding hydrogens is 180 g/mol. The van der Waals surface area contributed by atoms with E-state index in [4.69, 9.17) is 0 Å². The quantitative estimate of drug-likeness (QED) is 0.411. The van der Waals surface area contributed by atoms with Crippen LogP contribution in [0.15, 0.2) is 61.8 Å². The number of allylic oxidation sites excluding steroid dienone is 6. The summed E-state index contributed by atoms with van der Waals surface area (Å²) in [5, 5.41) is 0. The van der Waals surface area contributed by atoms with Crippen LogP contribution in [0.1, 0.15) is 33.1 Å². The largest absolute Gasteiger partial charge is 0.103 e. The van der Waals surface area contributed by atoms with E-state index in [1.54, 1.807) is 12.2 Å². The number of rotatable bonds is 6. The van der Waals surface area contributed by atoms with Crippen LogP contribution in [-0.2, 0) is 0 Å². The number of hydrogen-bond acceptors (Lipinski definition) is 0. The van der Waals surface area contributed by atoms with Gasteiger partial charge in [-0.2, -0.15) is 0 Å². The van der Waals surface area contributed by atoms with E-state index in [2.05, 4.69) is 40.2 Å². The zero-order valence-corrected chi connectivity index (χ0v) is 10.3. The van der Waals surface area contributed by atoms with Gasteiger partial charge >= 0.3 is 0 Å². The van der Waals surface area contributed by atoms with Gasteiger partial charge in [0.05, 0.1) is 0 Å². The van der Waals surface area contributed by atoms with Crippen LogP contribution in [0.25, 0.3) is 0 Å². The smallest absolute Gasteiger partial charge is 0.0236 e. The van der Waals surface area contributed by atoms with E-state index < -0.39 is 0 Å². The maximum atomic E-state index is 3.95. The van der Waals surface area contributed by atoms with Crippen LogP contribution in [0.2, 0.25) is 0 Å². The van der Waals surface area contributed by atoms with Gasteiger partial charge in [0.2, 0.25) is 0 Å². The highest BCUT2D eigenvalue weighted by Crippen LogP contribution is 2.14. The van der Waals surface area contributed by atoms with Crippen molar-refractivity contribution in [1.82, 2.24) is 0 Å². The van der Waals surface area contributed by atoms with E-state index in [1.165, 1.54) is 6.42 Å². The van der Waals surface area contributed by atoms with Crippen molar-refractivity contribution in [2.75, 3.05) is 0 Å². The normalized spacial score (nSPS) is 9.60. The first-order chi connectivity index (χ1) is 7.17. The molecule has 0 fully saturated rings. The predicted octanol–water partition coefficient (Wildman–Crippen LogP) is 5.22. The van der Waals surface area contributed by atoms with Gasteiger partial charge in [-0.05, 0) is 24.0 Å². The molecule has 0 radical (unpaired) electrons.